The largest absolute Gasteiger partial charge is 0.249 e. The van der Waals surface area contributed by atoms with Gasteiger partial charge in [0.25, 0.3) is 0 Å². The van der Waals surface area contributed by atoms with Crippen molar-refractivity contribution < 1.29 is 8.42 Å². The average molecular weight is 430 g/mol. The lowest BCUT2D eigenvalue weighted by Crippen LogP contribution is -2.40. The molecule has 4 aromatic rings. The molecule has 1 atom stereocenters. The molecule has 0 bridgehead atoms. The van der Waals surface area contributed by atoms with Gasteiger partial charge in [0.15, 0.2) is 0 Å². The van der Waals surface area contributed by atoms with Gasteiger partial charge in [-0.15, -0.1) is 0 Å². The number of nitrogens with zero attached hydrogens (tertiary/aromatic N) is 3. The standard InChI is InChI=1S/C25H23N3O2S/c1-17-11-13-19(14-12-17)31(29,30)28-16-24-23(26-21-9-5-6-10-22(21)27-24)15-25(28)20-8-4-3-7-18(20)2/h3-14,25H,15-16H2,1-2H3. The summed E-state index contributed by atoms with van der Waals surface area (Å²) in [5.41, 5.74) is 6.28. The molecule has 1 unspecified atom stereocenters. The first-order valence-electron chi connectivity index (χ1n) is 10.3. The molecule has 2 heterocycles. The molecule has 1 aliphatic heterocycles. The van der Waals surface area contributed by atoms with E-state index >= 15 is 0 Å². The van der Waals surface area contributed by atoms with Crippen molar-refractivity contribution in [2.45, 2.75) is 37.8 Å². The molecule has 0 saturated carbocycles. The number of benzene rings is 3. The number of rotatable bonds is 3. The van der Waals surface area contributed by atoms with E-state index in [0.29, 0.717) is 11.3 Å². The van der Waals surface area contributed by atoms with Crippen LogP contribution in [-0.2, 0) is 23.0 Å². The van der Waals surface area contributed by atoms with Crippen LogP contribution in [0.15, 0.2) is 77.7 Å². The normalized spacial score (nSPS) is 16.9. The van der Waals surface area contributed by atoms with Gasteiger partial charge in [0, 0.05) is 6.42 Å². The second kappa shape index (κ2) is 7.55. The Kier molecular flexibility index (Phi) is 4.84. The topological polar surface area (TPSA) is 63.2 Å². The summed E-state index contributed by atoms with van der Waals surface area (Å²) in [5.74, 6) is 0. The Morgan fingerprint density at radius 3 is 2.10 bits per heavy atom. The minimum atomic E-state index is -3.72. The summed E-state index contributed by atoms with van der Waals surface area (Å²) in [6, 6.07) is 22.4. The zero-order chi connectivity index (χ0) is 21.6. The Morgan fingerprint density at radius 1 is 0.806 bits per heavy atom. The van der Waals surface area contributed by atoms with E-state index in [2.05, 4.69) is 0 Å². The fraction of sp³-hybridized carbons (Fsp3) is 0.200. The molecule has 0 spiro atoms. The number of aryl methyl sites for hydroxylation is 2. The van der Waals surface area contributed by atoms with E-state index in [1.165, 1.54) is 0 Å². The molecule has 156 valence electrons. The fourth-order valence-corrected chi connectivity index (χ4v) is 5.80. The average Bonchev–Trinajstić information content (AvgIpc) is 2.77. The zero-order valence-corrected chi connectivity index (χ0v) is 18.3. The summed E-state index contributed by atoms with van der Waals surface area (Å²) in [6.45, 7) is 4.17. The molecule has 5 nitrogen and oxygen atoms in total. The predicted molar refractivity (Wildman–Crippen MR) is 121 cm³/mol. The van der Waals surface area contributed by atoms with Gasteiger partial charge in [-0.25, -0.2) is 18.4 Å². The minimum Gasteiger partial charge on any atom is -0.249 e. The summed E-state index contributed by atoms with van der Waals surface area (Å²) in [7, 11) is -3.72. The Hall–Kier alpha value is -3.09. The molecule has 0 radical (unpaired) electrons. The van der Waals surface area contributed by atoms with E-state index in [-0.39, 0.29) is 12.6 Å². The van der Waals surface area contributed by atoms with Gasteiger partial charge < -0.3 is 0 Å². The highest BCUT2D eigenvalue weighted by Gasteiger charge is 2.38. The summed E-state index contributed by atoms with van der Waals surface area (Å²) in [5, 5.41) is 0. The van der Waals surface area contributed by atoms with E-state index in [1.807, 2.05) is 74.5 Å². The summed E-state index contributed by atoms with van der Waals surface area (Å²) < 4.78 is 29.1. The number of sulfonamides is 1. The first-order valence-corrected chi connectivity index (χ1v) is 11.8. The van der Waals surface area contributed by atoms with Gasteiger partial charge in [0.1, 0.15) is 0 Å². The van der Waals surface area contributed by atoms with Crippen LogP contribution >= 0.6 is 0 Å². The second-order valence-corrected chi connectivity index (χ2v) is 9.94. The number of hydrogen-bond donors (Lipinski definition) is 0. The predicted octanol–water partition coefficient (Wildman–Crippen LogP) is 4.73. The lowest BCUT2D eigenvalue weighted by Gasteiger charge is -2.36. The van der Waals surface area contributed by atoms with Gasteiger partial charge in [-0.2, -0.15) is 4.31 Å². The minimum absolute atomic E-state index is 0.197. The van der Waals surface area contributed by atoms with Crippen molar-refractivity contribution >= 4 is 21.1 Å². The monoisotopic (exact) mass is 429 g/mol. The highest BCUT2D eigenvalue weighted by molar-refractivity contribution is 7.89. The van der Waals surface area contributed by atoms with Crippen LogP contribution in [-0.4, -0.2) is 22.7 Å². The Labute approximate surface area is 182 Å². The SMILES string of the molecule is Cc1ccc(S(=O)(=O)N2Cc3nc4ccccc4nc3CC2c2ccccc2C)cc1. The van der Waals surface area contributed by atoms with E-state index in [9.17, 15) is 8.42 Å². The van der Waals surface area contributed by atoms with Crippen molar-refractivity contribution in [3.05, 3.63) is 101 Å². The van der Waals surface area contributed by atoms with Crippen molar-refractivity contribution in [2.24, 2.45) is 0 Å². The maximum absolute atomic E-state index is 13.7. The van der Waals surface area contributed by atoms with Crippen LogP contribution in [0.4, 0.5) is 0 Å². The smallest absolute Gasteiger partial charge is 0.244 e. The van der Waals surface area contributed by atoms with Crippen LogP contribution < -0.4 is 0 Å². The molecule has 5 rings (SSSR count). The summed E-state index contributed by atoms with van der Waals surface area (Å²) in [6.07, 6.45) is 0.489. The number of fused-ring (bicyclic) bond motifs is 2. The molecule has 1 aliphatic rings. The number of aromatic nitrogens is 2. The Morgan fingerprint density at radius 2 is 1.42 bits per heavy atom. The van der Waals surface area contributed by atoms with Gasteiger partial charge in [-0.3, -0.25) is 0 Å². The van der Waals surface area contributed by atoms with Crippen LogP contribution in [0, 0.1) is 13.8 Å². The quantitative estimate of drug-likeness (QED) is 0.472. The molecule has 0 amide bonds. The van der Waals surface area contributed by atoms with Gasteiger partial charge in [0.05, 0.1) is 39.9 Å². The van der Waals surface area contributed by atoms with E-state index in [1.54, 1.807) is 16.4 Å². The number of hydrogen-bond acceptors (Lipinski definition) is 4. The molecule has 0 fully saturated rings. The van der Waals surface area contributed by atoms with Crippen LogP contribution in [0.1, 0.15) is 34.1 Å². The zero-order valence-electron chi connectivity index (χ0n) is 17.5. The van der Waals surface area contributed by atoms with Crippen LogP contribution in [0.2, 0.25) is 0 Å². The summed E-state index contributed by atoms with van der Waals surface area (Å²) in [4.78, 5) is 9.91. The molecular formula is C25H23N3O2S. The Bertz CT molecular complexity index is 1380. The highest BCUT2D eigenvalue weighted by atomic mass is 32.2. The molecule has 1 aromatic heterocycles. The van der Waals surface area contributed by atoms with Crippen molar-refractivity contribution in [1.29, 1.82) is 0 Å². The highest BCUT2D eigenvalue weighted by Crippen LogP contribution is 2.38. The van der Waals surface area contributed by atoms with Gasteiger partial charge in [-0.05, 0) is 49.2 Å². The van der Waals surface area contributed by atoms with Crippen LogP contribution in [0.5, 0.6) is 0 Å². The second-order valence-electron chi connectivity index (χ2n) is 8.05. The molecule has 0 N–H and O–H groups in total. The maximum atomic E-state index is 13.7. The molecule has 3 aromatic carbocycles. The van der Waals surface area contributed by atoms with E-state index in [0.717, 1.165) is 39.1 Å². The van der Waals surface area contributed by atoms with Crippen LogP contribution in [0.3, 0.4) is 0 Å². The fourth-order valence-electron chi connectivity index (χ4n) is 4.23. The molecule has 0 aliphatic carbocycles. The molecule has 0 saturated heterocycles. The van der Waals surface area contributed by atoms with Crippen LogP contribution in [0.25, 0.3) is 11.0 Å². The lowest BCUT2D eigenvalue weighted by atomic mass is 9.94. The third-order valence-corrected chi connectivity index (χ3v) is 7.81. The van der Waals surface area contributed by atoms with Gasteiger partial charge in [-0.1, -0.05) is 54.1 Å². The van der Waals surface area contributed by atoms with Crippen molar-refractivity contribution in [1.82, 2.24) is 14.3 Å². The van der Waals surface area contributed by atoms with Crippen molar-refractivity contribution in [3.63, 3.8) is 0 Å². The first-order chi connectivity index (χ1) is 14.9. The molecular weight excluding hydrogens is 406 g/mol. The van der Waals surface area contributed by atoms with Crippen molar-refractivity contribution in [3.8, 4) is 0 Å². The Balaban J connectivity index is 1.67. The molecule has 6 heteroatoms. The first kappa shape index (κ1) is 19.8. The maximum Gasteiger partial charge on any atom is 0.244 e. The summed E-state index contributed by atoms with van der Waals surface area (Å²) >= 11 is 0. The third kappa shape index (κ3) is 3.52. The van der Waals surface area contributed by atoms with Crippen molar-refractivity contribution in [2.75, 3.05) is 0 Å². The lowest BCUT2D eigenvalue weighted by molar-refractivity contribution is 0.288. The van der Waals surface area contributed by atoms with Gasteiger partial charge in [0.2, 0.25) is 10.0 Å². The van der Waals surface area contributed by atoms with E-state index < -0.39 is 10.0 Å². The molecule has 31 heavy (non-hydrogen) atoms. The van der Waals surface area contributed by atoms with E-state index in [4.69, 9.17) is 9.97 Å². The number of para-hydroxylation sites is 2. The third-order valence-electron chi connectivity index (χ3n) is 5.94. The van der Waals surface area contributed by atoms with Gasteiger partial charge >= 0.3 is 0 Å².